The molecule has 2 aliphatic rings. The summed E-state index contributed by atoms with van der Waals surface area (Å²) in [6.45, 7) is 1.64. The van der Waals surface area contributed by atoms with Gasteiger partial charge in [0, 0.05) is 38.8 Å². The van der Waals surface area contributed by atoms with Crippen molar-refractivity contribution in [3.63, 3.8) is 0 Å². The van der Waals surface area contributed by atoms with Crippen LogP contribution in [-0.2, 0) is 14.4 Å². The standard InChI is InChI=1S/C21H29N3O3/c1-23(16-8-3-2-4-9-16)14-7-13-22-19(25)12-15-24-20(26)17-10-5-6-11-18(17)21(24)27/h2-4,8-9,17-18H,5-7,10-15H2,1H3,(H,22,25)/t17-,18-/m1/s1. The molecule has 1 aliphatic carbocycles. The van der Waals surface area contributed by atoms with E-state index in [9.17, 15) is 14.4 Å². The lowest BCUT2D eigenvalue weighted by atomic mass is 9.81. The monoisotopic (exact) mass is 371 g/mol. The predicted octanol–water partition coefficient (Wildman–Crippen LogP) is 2.19. The molecular weight excluding hydrogens is 342 g/mol. The average molecular weight is 371 g/mol. The van der Waals surface area contributed by atoms with Crippen LogP contribution in [0.2, 0.25) is 0 Å². The van der Waals surface area contributed by atoms with E-state index in [0.717, 1.165) is 44.3 Å². The lowest BCUT2D eigenvalue weighted by molar-refractivity contribution is -0.140. The summed E-state index contributed by atoms with van der Waals surface area (Å²) in [5, 5.41) is 2.89. The van der Waals surface area contributed by atoms with E-state index in [0.29, 0.717) is 6.54 Å². The molecule has 1 aromatic carbocycles. The van der Waals surface area contributed by atoms with Gasteiger partial charge in [-0.2, -0.15) is 0 Å². The number of fused-ring (bicyclic) bond motifs is 1. The third-order valence-electron chi connectivity index (χ3n) is 5.68. The second-order valence-electron chi connectivity index (χ2n) is 7.54. The molecule has 3 rings (SSSR count). The Labute approximate surface area is 160 Å². The maximum absolute atomic E-state index is 12.4. The van der Waals surface area contributed by atoms with Crippen LogP contribution >= 0.6 is 0 Å². The second-order valence-corrected chi connectivity index (χ2v) is 7.54. The third kappa shape index (κ3) is 4.67. The van der Waals surface area contributed by atoms with Crippen LogP contribution in [0, 0.1) is 11.8 Å². The molecule has 3 amide bonds. The van der Waals surface area contributed by atoms with Gasteiger partial charge in [-0.05, 0) is 31.4 Å². The second kappa shape index (κ2) is 9.02. The highest BCUT2D eigenvalue weighted by atomic mass is 16.2. The molecule has 146 valence electrons. The summed E-state index contributed by atoms with van der Waals surface area (Å²) in [4.78, 5) is 40.3. The van der Waals surface area contributed by atoms with Gasteiger partial charge in [0.2, 0.25) is 17.7 Å². The van der Waals surface area contributed by atoms with Crippen molar-refractivity contribution in [3.8, 4) is 0 Å². The van der Waals surface area contributed by atoms with Crippen molar-refractivity contribution in [1.82, 2.24) is 10.2 Å². The van der Waals surface area contributed by atoms with Crippen molar-refractivity contribution in [2.24, 2.45) is 11.8 Å². The molecule has 6 heteroatoms. The highest BCUT2D eigenvalue weighted by Gasteiger charge is 2.47. The smallest absolute Gasteiger partial charge is 0.233 e. The summed E-state index contributed by atoms with van der Waals surface area (Å²) >= 11 is 0. The van der Waals surface area contributed by atoms with Crippen LogP contribution in [0.15, 0.2) is 30.3 Å². The fourth-order valence-electron chi connectivity index (χ4n) is 4.11. The first-order chi connectivity index (χ1) is 13.1. The normalized spacial score (nSPS) is 21.9. The highest BCUT2D eigenvalue weighted by molar-refractivity contribution is 6.05. The number of anilines is 1. The number of carbonyl (C=O) groups is 3. The van der Waals surface area contributed by atoms with Crippen LogP contribution in [0.4, 0.5) is 5.69 Å². The van der Waals surface area contributed by atoms with Crippen molar-refractivity contribution in [3.05, 3.63) is 30.3 Å². The van der Waals surface area contributed by atoms with E-state index in [4.69, 9.17) is 0 Å². The maximum Gasteiger partial charge on any atom is 0.233 e. The molecule has 2 fully saturated rings. The fourth-order valence-corrected chi connectivity index (χ4v) is 4.11. The fraction of sp³-hybridized carbons (Fsp3) is 0.571. The van der Waals surface area contributed by atoms with Gasteiger partial charge in [0.25, 0.3) is 0 Å². The highest BCUT2D eigenvalue weighted by Crippen LogP contribution is 2.37. The molecule has 0 bridgehead atoms. The number of hydrogen-bond donors (Lipinski definition) is 1. The lowest BCUT2D eigenvalue weighted by Gasteiger charge is -2.19. The number of amides is 3. The molecule has 0 unspecified atom stereocenters. The first-order valence-corrected chi connectivity index (χ1v) is 9.96. The largest absolute Gasteiger partial charge is 0.375 e. The molecule has 2 atom stereocenters. The van der Waals surface area contributed by atoms with Crippen LogP contribution in [0.25, 0.3) is 0 Å². The molecule has 1 heterocycles. The Hall–Kier alpha value is -2.37. The minimum Gasteiger partial charge on any atom is -0.375 e. The number of nitrogens with zero attached hydrogens (tertiary/aromatic N) is 2. The van der Waals surface area contributed by atoms with Crippen molar-refractivity contribution >= 4 is 23.4 Å². The van der Waals surface area contributed by atoms with Gasteiger partial charge < -0.3 is 10.2 Å². The number of imide groups is 1. The molecule has 27 heavy (non-hydrogen) atoms. The third-order valence-corrected chi connectivity index (χ3v) is 5.68. The van der Waals surface area contributed by atoms with E-state index in [1.165, 1.54) is 4.90 Å². The zero-order valence-corrected chi connectivity index (χ0v) is 16.0. The number of benzene rings is 1. The summed E-state index contributed by atoms with van der Waals surface area (Å²) in [7, 11) is 2.03. The molecule has 1 saturated carbocycles. The molecule has 1 aliphatic heterocycles. The van der Waals surface area contributed by atoms with Gasteiger partial charge in [-0.25, -0.2) is 0 Å². The number of nitrogens with one attached hydrogen (secondary N) is 1. The van der Waals surface area contributed by atoms with Crippen LogP contribution in [0.5, 0.6) is 0 Å². The Morgan fingerprint density at radius 3 is 2.37 bits per heavy atom. The van der Waals surface area contributed by atoms with Crippen molar-refractivity contribution < 1.29 is 14.4 Å². The molecule has 0 radical (unpaired) electrons. The van der Waals surface area contributed by atoms with Gasteiger partial charge >= 0.3 is 0 Å². The maximum atomic E-state index is 12.4. The number of para-hydroxylation sites is 1. The zero-order valence-electron chi connectivity index (χ0n) is 16.0. The van der Waals surface area contributed by atoms with Gasteiger partial charge in [0.1, 0.15) is 0 Å². The molecular formula is C21H29N3O3. The van der Waals surface area contributed by atoms with Crippen LogP contribution < -0.4 is 10.2 Å². The Kier molecular flexibility index (Phi) is 6.48. The van der Waals surface area contributed by atoms with Crippen molar-refractivity contribution in [1.29, 1.82) is 0 Å². The SMILES string of the molecule is CN(CCCNC(=O)CCN1C(=O)[C@@H]2CCCC[C@H]2C1=O)c1ccccc1. The first-order valence-electron chi connectivity index (χ1n) is 9.96. The van der Waals surface area contributed by atoms with E-state index in [1.54, 1.807) is 0 Å². The molecule has 0 spiro atoms. The van der Waals surface area contributed by atoms with E-state index < -0.39 is 0 Å². The van der Waals surface area contributed by atoms with Crippen molar-refractivity contribution in [2.45, 2.75) is 38.5 Å². The minimum atomic E-state index is -0.136. The predicted molar refractivity (Wildman–Crippen MR) is 104 cm³/mol. The molecule has 0 aromatic heterocycles. The van der Waals surface area contributed by atoms with E-state index in [1.807, 2.05) is 25.2 Å². The average Bonchev–Trinajstić information content (AvgIpc) is 2.94. The van der Waals surface area contributed by atoms with Crippen LogP contribution in [-0.4, -0.2) is 49.3 Å². The lowest BCUT2D eigenvalue weighted by Crippen LogP contribution is -2.36. The van der Waals surface area contributed by atoms with Gasteiger partial charge in [0.05, 0.1) is 11.8 Å². The van der Waals surface area contributed by atoms with Gasteiger partial charge in [-0.3, -0.25) is 19.3 Å². The molecule has 1 aromatic rings. The Balaban J connectivity index is 1.35. The molecule has 1 saturated heterocycles. The van der Waals surface area contributed by atoms with E-state index in [-0.39, 0.29) is 42.5 Å². The van der Waals surface area contributed by atoms with E-state index >= 15 is 0 Å². The van der Waals surface area contributed by atoms with Crippen LogP contribution in [0.3, 0.4) is 0 Å². The van der Waals surface area contributed by atoms with Gasteiger partial charge in [-0.1, -0.05) is 31.0 Å². The quantitative estimate of drug-likeness (QED) is 0.562. The minimum absolute atomic E-state index is 0.0676. The Morgan fingerprint density at radius 1 is 1.11 bits per heavy atom. The zero-order chi connectivity index (χ0) is 19.2. The molecule has 6 nitrogen and oxygen atoms in total. The summed E-state index contributed by atoms with van der Waals surface area (Å²) < 4.78 is 0. The van der Waals surface area contributed by atoms with Gasteiger partial charge in [-0.15, -0.1) is 0 Å². The Bertz CT molecular complexity index is 653. The number of carbonyl (C=O) groups excluding carboxylic acids is 3. The van der Waals surface area contributed by atoms with E-state index in [2.05, 4.69) is 22.3 Å². The number of likely N-dealkylation sites (tertiary alicyclic amines) is 1. The summed E-state index contributed by atoms with van der Waals surface area (Å²) in [5.41, 5.74) is 1.15. The topological polar surface area (TPSA) is 69.7 Å². The number of hydrogen-bond acceptors (Lipinski definition) is 4. The molecule has 1 N–H and O–H groups in total. The summed E-state index contributed by atoms with van der Waals surface area (Å²) in [6, 6.07) is 10.1. The Morgan fingerprint density at radius 2 is 1.74 bits per heavy atom. The summed E-state index contributed by atoms with van der Waals surface area (Å²) in [5.74, 6) is -0.512. The number of rotatable bonds is 8. The first kappa shape index (κ1) is 19.4. The van der Waals surface area contributed by atoms with Crippen LogP contribution in [0.1, 0.15) is 38.5 Å². The summed E-state index contributed by atoms with van der Waals surface area (Å²) in [6.07, 6.45) is 4.69. The van der Waals surface area contributed by atoms with Crippen molar-refractivity contribution in [2.75, 3.05) is 31.6 Å². The van der Waals surface area contributed by atoms with Gasteiger partial charge in [0.15, 0.2) is 0 Å².